The molecule has 3 aromatic rings. The zero-order valence-electron chi connectivity index (χ0n) is 18.8. The lowest BCUT2D eigenvalue weighted by atomic mass is 10.2. The number of anilines is 3. The van der Waals surface area contributed by atoms with Gasteiger partial charge in [-0.15, -0.1) is 0 Å². The van der Waals surface area contributed by atoms with Crippen LogP contribution >= 0.6 is 0 Å². The van der Waals surface area contributed by atoms with E-state index in [1.807, 2.05) is 18.2 Å². The van der Waals surface area contributed by atoms with Crippen molar-refractivity contribution >= 4 is 17.5 Å². The lowest BCUT2D eigenvalue weighted by Gasteiger charge is -2.16. The first kappa shape index (κ1) is 22.6. The zero-order valence-corrected chi connectivity index (χ0v) is 18.8. The summed E-state index contributed by atoms with van der Waals surface area (Å²) in [5, 5.41) is 6.46. The van der Waals surface area contributed by atoms with Gasteiger partial charge in [0, 0.05) is 43.3 Å². The summed E-state index contributed by atoms with van der Waals surface area (Å²) in [6.07, 6.45) is 6.94. The van der Waals surface area contributed by atoms with Crippen LogP contribution < -0.4 is 25.7 Å². The largest absolute Gasteiger partial charge is 0.493 e. The predicted molar refractivity (Wildman–Crippen MR) is 128 cm³/mol. The molecule has 0 amide bonds. The average Bonchev–Trinajstić information content (AvgIpc) is 3.36. The number of likely N-dealkylation sites (tertiary alicyclic amines) is 1. The topological polar surface area (TPSA) is 104 Å². The van der Waals surface area contributed by atoms with Crippen LogP contribution in [0.3, 0.4) is 0 Å². The van der Waals surface area contributed by atoms with Crippen LogP contribution in [0.1, 0.15) is 24.8 Å². The molecule has 1 saturated heterocycles. The summed E-state index contributed by atoms with van der Waals surface area (Å²) < 4.78 is 11.5. The first-order valence-electron chi connectivity index (χ1n) is 11.2. The lowest BCUT2D eigenvalue weighted by Crippen LogP contribution is -2.21. The van der Waals surface area contributed by atoms with Crippen molar-refractivity contribution in [1.82, 2.24) is 19.9 Å². The molecule has 3 N–H and O–H groups in total. The van der Waals surface area contributed by atoms with Gasteiger partial charge in [-0.2, -0.15) is 4.98 Å². The third-order valence-corrected chi connectivity index (χ3v) is 5.47. The van der Waals surface area contributed by atoms with Crippen molar-refractivity contribution < 1.29 is 9.47 Å². The summed E-state index contributed by atoms with van der Waals surface area (Å²) in [6, 6.07) is 10.7. The normalized spacial score (nSPS) is 13.6. The van der Waals surface area contributed by atoms with Gasteiger partial charge < -0.3 is 30.0 Å². The fourth-order valence-electron chi connectivity index (χ4n) is 3.74. The van der Waals surface area contributed by atoms with Gasteiger partial charge in [-0.3, -0.25) is 4.79 Å². The molecule has 1 aliphatic heterocycles. The van der Waals surface area contributed by atoms with Crippen LogP contribution in [0.25, 0.3) is 0 Å². The summed E-state index contributed by atoms with van der Waals surface area (Å²) in [6.45, 7) is 4.62. The maximum Gasteiger partial charge on any atom is 0.247 e. The number of ether oxygens (including phenoxy) is 2. The van der Waals surface area contributed by atoms with Crippen molar-refractivity contribution in [2.24, 2.45) is 0 Å². The Labute approximate surface area is 193 Å². The fraction of sp³-hybridized carbons (Fsp3) is 0.375. The highest BCUT2D eigenvalue weighted by molar-refractivity contribution is 5.60. The van der Waals surface area contributed by atoms with E-state index in [0.717, 1.165) is 24.2 Å². The van der Waals surface area contributed by atoms with E-state index in [9.17, 15) is 4.79 Å². The van der Waals surface area contributed by atoms with E-state index in [-0.39, 0.29) is 5.56 Å². The SMILES string of the molecule is COc1ccc(Nc2nccc(NCc3ccc(=O)[nH]c3)n2)cc1OCCCN1CCCC1. The van der Waals surface area contributed by atoms with E-state index in [1.54, 1.807) is 31.6 Å². The molecule has 0 unspecified atom stereocenters. The minimum atomic E-state index is -0.123. The van der Waals surface area contributed by atoms with Crippen LogP contribution in [-0.2, 0) is 6.54 Å². The third kappa shape index (κ3) is 6.69. The van der Waals surface area contributed by atoms with Gasteiger partial charge in [-0.1, -0.05) is 6.07 Å². The predicted octanol–water partition coefficient (Wildman–Crippen LogP) is 3.39. The van der Waals surface area contributed by atoms with E-state index in [4.69, 9.17) is 9.47 Å². The molecular formula is C24H30N6O3. The lowest BCUT2D eigenvalue weighted by molar-refractivity contribution is 0.254. The summed E-state index contributed by atoms with van der Waals surface area (Å²) in [7, 11) is 1.64. The summed E-state index contributed by atoms with van der Waals surface area (Å²) in [5.74, 6) is 2.52. The Bertz CT molecular complexity index is 1080. The standard InChI is InChI=1S/C24H30N6O3/c1-32-20-7-6-19(15-21(20)33-14-4-13-30-11-2-3-12-30)28-24-25-10-9-22(29-24)26-16-18-5-8-23(31)27-17-18/h5-10,15,17H,2-4,11-14,16H2,1H3,(H,27,31)(H2,25,26,28,29). The molecule has 9 nitrogen and oxygen atoms in total. The van der Waals surface area contributed by atoms with Crippen molar-refractivity contribution in [3.8, 4) is 11.5 Å². The number of nitrogens with one attached hydrogen (secondary N) is 3. The zero-order chi connectivity index (χ0) is 22.9. The molecule has 0 radical (unpaired) electrons. The second-order valence-corrected chi connectivity index (χ2v) is 7.92. The van der Waals surface area contributed by atoms with Crippen LogP contribution in [0.5, 0.6) is 11.5 Å². The summed E-state index contributed by atoms with van der Waals surface area (Å²) >= 11 is 0. The first-order valence-corrected chi connectivity index (χ1v) is 11.2. The number of H-pyrrole nitrogens is 1. The number of benzene rings is 1. The first-order chi connectivity index (χ1) is 16.2. The van der Waals surface area contributed by atoms with Crippen LogP contribution in [0.2, 0.25) is 0 Å². The average molecular weight is 451 g/mol. The molecule has 0 saturated carbocycles. The number of aromatic nitrogens is 3. The van der Waals surface area contributed by atoms with Crippen molar-refractivity contribution in [2.45, 2.75) is 25.8 Å². The molecule has 0 bridgehead atoms. The fourth-order valence-corrected chi connectivity index (χ4v) is 3.74. The Morgan fingerprint density at radius 1 is 1.12 bits per heavy atom. The van der Waals surface area contributed by atoms with Gasteiger partial charge in [0.1, 0.15) is 5.82 Å². The monoisotopic (exact) mass is 450 g/mol. The van der Waals surface area contributed by atoms with Gasteiger partial charge in [0.2, 0.25) is 11.5 Å². The molecule has 0 atom stereocenters. The minimum Gasteiger partial charge on any atom is -0.493 e. The number of hydrogen-bond donors (Lipinski definition) is 3. The molecule has 0 spiro atoms. The Morgan fingerprint density at radius 3 is 2.79 bits per heavy atom. The van der Waals surface area contributed by atoms with Gasteiger partial charge in [-0.25, -0.2) is 4.98 Å². The second kappa shape index (κ2) is 11.3. The van der Waals surface area contributed by atoms with Crippen molar-refractivity contribution in [1.29, 1.82) is 0 Å². The van der Waals surface area contributed by atoms with E-state index in [1.165, 1.54) is 32.0 Å². The highest BCUT2D eigenvalue weighted by Gasteiger charge is 2.11. The minimum absolute atomic E-state index is 0.123. The molecule has 0 aliphatic carbocycles. The van der Waals surface area contributed by atoms with Crippen molar-refractivity contribution in [3.05, 3.63) is 64.7 Å². The third-order valence-electron chi connectivity index (χ3n) is 5.47. The molecule has 1 fully saturated rings. The van der Waals surface area contributed by atoms with Crippen LogP contribution in [0, 0.1) is 0 Å². The number of hydrogen-bond acceptors (Lipinski definition) is 8. The number of nitrogens with zero attached hydrogens (tertiary/aromatic N) is 3. The number of rotatable bonds is 11. The van der Waals surface area contributed by atoms with E-state index >= 15 is 0 Å². The smallest absolute Gasteiger partial charge is 0.247 e. The molecule has 1 aliphatic rings. The molecule has 33 heavy (non-hydrogen) atoms. The molecular weight excluding hydrogens is 420 g/mol. The molecule has 4 rings (SSSR count). The molecule has 2 aromatic heterocycles. The number of pyridine rings is 1. The van der Waals surface area contributed by atoms with Gasteiger partial charge in [0.25, 0.3) is 0 Å². The van der Waals surface area contributed by atoms with Crippen molar-refractivity contribution in [2.75, 3.05) is 44.0 Å². The number of aromatic amines is 1. The van der Waals surface area contributed by atoms with Crippen LogP contribution in [0.4, 0.5) is 17.5 Å². The maximum atomic E-state index is 11.2. The van der Waals surface area contributed by atoms with Gasteiger partial charge in [0.05, 0.1) is 13.7 Å². The Morgan fingerprint density at radius 2 is 2.00 bits per heavy atom. The highest BCUT2D eigenvalue weighted by atomic mass is 16.5. The molecule has 3 heterocycles. The maximum absolute atomic E-state index is 11.2. The molecule has 9 heteroatoms. The van der Waals surface area contributed by atoms with E-state index in [2.05, 4.69) is 30.5 Å². The molecule has 1 aromatic carbocycles. The van der Waals surface area contributed by atoms with E-state index in [0.29, 0.717) is 36.4 Å². The second-order valence-electron chi connectivity index (χ2n) is 7.92. The van der Waals surface area contributed by atoms with Crippen molar-refractivity contribution in [3.63, 3.8) is 0 Å². The van der Waals surface area contributed by atoms with Gasteiger partial charge >= 0.3 is 0 Å². The Kier molecular flexibility index (Phi) is 7.76. The van der Waals surface area contributed by atoms with Crippen LogP contribution in [-0.4, -0.2) is 53.2 Å². The quantitative estimate of drug-likeness (QED) is 0.382. The van der Waals surface area contributed by atoms with Gasteiger partial charge in [-0.05, 0) is 56.1 Å². The van der Waals surface area contributed by atoms with E-state index < -0.39 is 0 Å². The molecule has 174 valence electrons. The Hall–Kier alpha value is -3.59. The highest BCUT2D eigenvalue weighted by Crippen LogP contribution is 2.31. The Balaban J connectivity index is 1.34. The number of methoxy groups -OCH3 is 1. The van der Waals surface area contributed by atoms with Gasteiger partial charge in [0.15, 0.2) is 11.5 Å². The van der Waals surface area contributed by atoms with Crippen LogP contribution in [0.15, 0.2) is 53.6 Å². The summed E-state index contributed by atoms with van der Waals surface area (Å²) in [5.41, 5.74) is 1.63. The summed E-state index contributed by atoms with van der Waals surface area (Å²) in [4.78, 5) is 25.1.